The Kier molecular flexibility index (Phi) is 53.9. The van der Waals surface area contributed by atoms with Gasteiger partial charge in [0.15, 0.2) is 12.2 Å². The Morgan fingerprint density at radius 2 is 0.571 bits per heavy atom. The lowest BCUT2D eigenvalue weighted by atomic mass is 10.00. The molecule has 0 radical (unpaired) electrons. The highest BCUT2D eigenvalue weighted by molar-refractivity contribution is 7.47. The van der Waals surface area contributed by atoms with Gasteiger partial charge in [-0.2, -0.15) is 0 Å². The molecular formula is C65H126O17P2. The zero-order chi connectivity index (χ0) is 62.5. The molecule has 6 atom stereocenters. The predicted molar refractivity (Wildman–Crippen MR) is 335 cm³/mol. The number of aliphatic hydroxyl groups is 1. The molecule has 0 aliphatic rings. The Bertz CT molecular complexity index is 1680. The highest BCUT2D eigenvalue weighted by atomic mass is 31.2. The lowest BCUT2D eigenvalue weighted by molar-refractivity contribution is -0.161. The minimum atomic E-state index is -4.95. The Labute approximate surface area is 511 Å². The summed E-state index contributed by atoms with van der Waals surface area (Å²) >= 11 is 0. The molecule has 0 aliphatic heterocycles. The van der Waals surface area contributed by atoms with Crippen molar-refractivity contribution in [2.24, 2.45) is 23.7 Å². The van der Waals surface area contributed by atoms with Gasteiger partial charge >= 0.3 is 39.5 Å². The maximum Gasteiger partial charge on any atom is 0.472 e. The third-order valence-corrected chi connectivity index (χ3v) is 17.1. The maximum atomic E-state index is 13.0. The fourth-order valence-electron chi connectivity index (χ4n) is 9.57. The number of carbonyl (C=O) groups is 4. The first-order valence-electron chi connectivity index (χ1n) is 33.7. The maximum absolute atomic E-state index is 13.0. The van der Waals surface area contributed by atoms with E-state index in [2.05, 4.69) is 55.4 Å². The third-order valence-electron chi connectivity index (χ3n) is 15.2. The van der Waals surface area contributed by atoms with E-state index in [0.717, 1.165) is 114 Å². The molecule has 0 saturated carbocycles. The van der Waals surface area contributed by atoms with Crippen LogP contribution in [0.25, 0.3) is 0 Å². The molecule has 0 spiro atoms. The van der Waals surface area contributed by atoms with Crippen LogP contribution in [0.1, 0.15) is 312 Å². The highest BCUT2D eigenvalue weighted by Crippen LogP contribution is 2.45. The molecule has 0 fully saturated rings. The summed E-state index contributed by atoms with van der Waals surface area (Å²) in [6, 6.07) is 0. The summed E-state index contributed by atoms with van der Waals surface area (Å²) < 4.78 is 68.0. The number of aliphatic hydroxyl groups excluding tert-OH is 1. The molecule has 0 bridgehead atoms. The number of phosphoric ester groups is 2. The normalized spacial score (nSPS) is 14.7. The van der Waals surface area contributed by atoms with Crippen molar-refractivity contribution in [2.45, 2.75) is 331 Å². The first-order chi connectivity index (χ1) is 40.1. The molecule has 498 valence electrons. The largest absolute Gasteiger partial charge is 0.472 e. The number of hydrogen-bond acceptors (Lipinski definition) is 15. The predicted octanol–water partition coefficient (Wildman–Crippen LogP) is 17.8. The molecule has 0 aliphatic carbocycles. The Hall–Kier alpha value is -1.94. The molecular weight excluding hydrogens is 1110 g/mol. The quantitative estimate of drug-likeness (QED) is 0.0222. The number of carbonyl (C=O) groups excluding carboxylic acids is 4. The second kappa shape index (κ2) is 55.2. The smallest absolute Gasteiger partial charge is 0.462 e. The van der Waals surface area contributed by atoms with Gasteiger partial charge in [-0.15, -0.1) is 0 Å². The number of ether oxygens (including phenoxy) is 4. The molecule has 0 aromatic rings. The molecule has 0 saturated heterocycles. The fourth-order valence-corrected chi connectivity index (χ4v) is 11.2. The van der Waals surface area contributed by atoms with Crippen molar-refractivity contribution >= 4 is 39.5 Å². The van der Waals surface area contributed by atoms with Gasteiger partial charge in [0.2, 0.25) is 0 Å². The van der Waals surface area contributed by atoms with E-state index in [9.17, 15) is 43.2 Å². The summed E-state index contributed by atoms with van der Waals surface area (Å²) in [5.74, 6) is 0.761. The van der Waals surface area contributed by atoms with Gasteiger partial charge in [-0.1, -0.05) is 261 Å². The van der Waals surface area contributed by atoms with Gasteiger partial charge in [0.1, 0.15) is 19.3 Å². The number of unbranched alkanes of at least 4 members (excludes halogenated alkanes) is 27. The van der Waals surface area contributed by atoms with Crippen molar-refractivity contribution in [3.63, 3.8) is 0 Å². The average molecular weight is 1240 g/mol. The summed E-state index contributed by atoms with van der Waals surface area (Å²) in [6.07, 6.45) is 35.0. The van der Waals surface area contributed by atoms with E-state index in [0.29, 0.717) is 31.6 Å². The molecule has 0 aromatic carbocycles. The summed E-state index contributed by atoms with van der Waals surface area (Å²) in [5, 5.41) is 10.5. The van der Waals surface area contributed by atoms with Crippen LogP contribution >= 0.6 is 15.6 Å². The van der Waals surface area contributed by atoms with Gasteiger partial charge in [-0.3, -0.25) is 37.3 Å². The SMILES string of the molecule is CCC(C)CCCCCCCCC(=O)O[C@H](COC(=O)CCCCCCCCCC(C)C)COP(=O)(O)OCC(O)COP(=O)(O)OC[C@@H](COC(=O)CCCCCCCCCCCCC(C)C)OC(=O)CCCCCCCCCCC(C)C. The summed E-state index contributed by atoms with van der Waals surface area (Å²) in [7, 11) is -9.89. The molecule has 3 N–H and O–H groups in total. The van der Waals surface area contributed by atoms with Gasteiger partial charge in [0.05, 0.1) is 26.4 Å². The number of phosphoric acid groups is 2. The van der Waals surface area contributed by atoms with Crippen LogP contribution in [0, 0.1) is 23.7 Å². The topological polar surface area (TPSA) is 237 Å². The van der Waals surface area contributed by atoms with Gasteiger partial charge in [-0.25, -0.2) is 9.13 Å². The van der Waals surface area contributed by atoms with Crippen molar-refractivity contribution in [2.75, 3.05) is 39.6 Å². The molecule has 0 heterocycles. The van der Waals surface area contributed by atoms with Crippen LogP contribution in [0.4, 0.5) is 0 Å². The summed E-state index contributed by atoms with van der Waals surface area (Å²) in [6.45, 7) is 13.9. The minimum Gasteiger partial charge on any atom is -0.462 e. The van der Waals surface area contributed by atoms with Crippen molar-refractivity contribution in [1.82, 2.24) is 0 Å². The second-order valence-corrected chi connectivity index (χ2v) is 28.1. The molecule has 4 unspecified atom stereocenters. The van der Waals surface area contributed by atoms with Gasteiger partial charge in [-0.05, 0) is 49.4 Å². The van der Waals surface area contributed by atoms with Crippen molar-refractivity contribution in [1.29, 1.82) is 0 Å². The minimum absolute atomic E-state index is 0.101. The second-order valence-electron chi connectivity index (χ2n) is 25.2. The molecule has 19 heteroatoms. The van der Waals surface area contributed by atoms with E-state index in [4.69, 9.17) is 37.0 Å². The Morgan fingerprint density at radius 1 is 0.333 bits per heavy atom. The van der Waals surface area contributed by atoms with Gasteiger partial charge in [0, 0.05) is 25.7 Å². The van der Waals surface area contributed by atoms with E-state index in [-0.39, 0.29) is 25.7 Å². The molecule has 0 aromatic heterocycles. The monoisotopic (exact) mass is 1240 g/mol. The number of hydrogen-bond donors (Lipinski definition) is 3. The van der Waals surface area contributed by atoms with E-state index >= 15 is 0 Å². The van der Waals surface area contributed by atoms with Crippen molar-refractivity contribution in [3.8, 4) is 0 Å². The molecule has 0 rings (SSSR count). The standard InChI is InChI=1S/C65H126O17P2/c1-9-58(8)44-36-28-23-24-32-40-48-65(70)82-61(52-76-63(68)46-38-30-22-16-19-27-35-43-57(6)7)54-80-84(73,74)78-50-59(66)49-77-83(71,72)79-53-60(81-64(69)47-39-31-21-15-14-18-26-34-42-56(4)5)51-75-62(67)45-37-29-20-13-11-10-12-17-25-33-41-55(2)3/h55-61,66H,9-54H2,1-8H3,(H,71,72)(H,73,74)/t58?,59?,60-,61-/m1/s1. The van der Waals surface area contributed by atoms with Crippen LogP contribution in [0.2, 0.25) is 0 Å². The van der Waals surface area contributed by atoms with Crippen molar-refractivity contribution in [3.05, 3.63) is 0 Å². The van der Waals surface area contributed by atoms with Crippen molar-refractivity contribution < 1.29 is 80.2 Å². The summed E-state index contributed by atoms with van der Waals surface area (Å²) in [5.41, 5.74) is 0. The summed E-state index contributed by atoms with van der Waals surface area (Å²) in [4.78, 5) is 72.2. The van der Waals surface area contributed by atoms with Crippen LogP contribution in [0.15, 0.2) is 0 Å². The lowest BCUT2D eigenvalue weighted by Crippen LogP contribution is -2.30. The molecule has 17 nitrogen and oxygen atoms in total. The van der Waals surface area contributed by atoms with E-state index in [1.807, 2.05) is 0 Å². The Balaban J connectivity index is 5.25. The van der Waals surface area contributed by atoms with Crippen LogP contribution < -0.4 is 0 Å². The zero-order valence-electron chi connectivity index (χ0n) is 54.5. The number of rotatable bonds is 62. The molecule has 0 amide bonds. The van der Waals surface area contributed by atoms with Gasteiger partial charge in [0.25, 0.3) is 0 Å². The lowest BCUT2D eigenvalue weighted by Gasteiger charge is -2.21. The van der Waals surface area contributed by atoms with Crippen LogP contribution in [0.5, 0.6) is 0 Å². The van der Waals surface area contributed by atoms with E-state index in [1.54, 1.807) is 0 Å². The van der Waals surface area contributed by atoms with Crippen LogP contribution in [-0.2, 0) is 65.4 Å². The molecule has 84 heavy (non-hydrogen) atoms. The first kappa shape index (κ1) is 82.1. The zero-order valence-corrected chi connectivity index (χ0v) is 56.3. The highest BCUT2D eigenvalue weighted by Gasteiger charge is 2.30. The third kappa shape index (κ3) is 57.8. The average Bonchev–Trinajstić information content (AvgIpc) is 3.46. The van der Waals surface area contributed by atoms with E-state index in [1.165, 1.54) is 109 Å². The fraction of sp³-hybridized carbons (Fsp3) is 0.938. The van der Waals surface area contributed by atoms with E-state index < -0.39 is 97.5 Å². The van der Waals surface area contributed by atoms with Gasteiger partial charge < -0.3 is 33.8 Å². The number of esters is 4. The Morgan fingerprint density at radius 3 is 0.845 bits per heavy atom. The van der Waals surface area contributed by atoms with Crippen LogP contribution in [-0.4, -0.2) is 96.7 Å². The van der Waals surface area contributed by atoms with Crippen LogP contribution in [0.3, 0.4) is 0 Å². The first-order valence-corrected chi connectivity index (χ1v) is 36.7.